The average Bonchev–Trinajstić information content (AvgIpc) is 2.67. The van der Waals surface area contributed by atoms with Crippen molar-refractivity contribution in [1.82, 2.24) is 9.80 Å². The van der Waals surface area contributed by atoms with Crippen LogP contribution in [-0.2, 0) is 9.59 Å². The van der Waals surface area contributed by atoms with Crippen molar-refractivity contribution >= 4 is 17.8 Å². The average molecular weight is 376 g/mol. The Morgan fingerprint density at radius 3 is 2.37 bits per heavy atom. The summed E-state index contributed by atoms with van der Waals surface area (Å²) >= 11 is 0. The van der Waals surface area contributed by atoms with E-state index in [4.69, 9.17) is 0 Å². The lowest BCUT2D eigenvalue weighted by Gasteiger charge is -2.39. The highest BCUT2D eigenvalue weighted by Gasteiger charge is 2.37. The molecule has 1 aromatic rings. The molecule has 0 aromatic heterocycles. The Labute approximate surface area is 157 Å². The fraction of sp³-hybridized carbons (Fsp3) is 0.550. The minimum Gasteiger partial charge on any atom is -0.481 e. The summed E-state index contributed by atoms with van der Waals surface area (Å²) in [6.45, 7) is 3.68. The van der Waals surface area contributed by atoms with Gasteiger partial charge in [-0.3, -0.25) is 14.4 Å². The number of halogens is 1. The smallest absolute Gasteiger partial charge is 0.306 e. The van der Waals surface area contributed by atoms with Gasteiger partial charge in [-0.2, -0.15) is 0 Å². The number of rotatable bonds is 3. The number of nitrogens with zero attached hydrogens (tertiary/aromatic N) is 2. The molecular formula is C20H25FN2O4. The van der Waals surface area contributed by atoms with E-state index in [0.717, 1.165) is 12.8 Å². The molecule has 146 valence electrons. The number of carbonyl (C=O) groups is 3. The molecule has 3 atom stereocenters. The van der Waals surface area contributed by atoms with E-state index in [1.165, 1.54) is 24.3 Å². The lowest BCUT2D eigenvalue weighted by Crippen LogP contribution is -2.51. The summed E-state index contributed by atoms with van der Waals surface area (Å²) in [5.74, 6) is -2.14. The van der Waals surface area contributed by atoms with E-state index in [2.05, 4.69) is 0 Å². The van der Waals surface area contributed by atoms with Crippen molar-refractivity contribution in [2.45, 2.75) is 26.2 Å². The first kappa shape index (κ1) is 19.3. The Morgan fingerprint density at radius 1 is 1.04 bits per heavy atom. The minimum absolute atomic E-state index is 0.00212. The second-order valence-corrected chi connectivity index (χ2v) is 7.59. The minimum atomic E-state index is -0.802. The van der Waals surface area contributed by atoms with Gasteiger partial charge in [-0.05, 0) is 49.4 Å². The second kappa shape index (κ2) is 8.06. The topological polar surface area (TPSA) is 77.9 Å². The van der Waals surface area contributed by atoms with Crippen molar-refractivity contribution in [3.8, 4) is 0 Å². The van der Waals surface area contributed by atoms with E-state index < -0.39 is 17.7 Å². The first-order valence-electron chi connectivity index (χ1n) is 9.43. The molecule has 3 unspecified atom stereocenters. The van der Waals surface area contributed by atoms with Gasteiger partial charge in [0.05, 0.1) is 11.8 Å². The number of carboxylic acid groups (broad SMARTS) is 1. The summed E-state index contributed by atoms with van der Waals surface area (Å²) in [7, 11) is 0. The lowest BCUT2D eigenvalue weighted by molar-refractivity contribution is -0.150. The molecule has 2 aliphatic rings. The third-order valence-electron chi connectivity index (χ3n) is 5.68. The summed E-state index contributed by atoms with van der Waals surface area (Å²) in [4.78, 5) is 40.2. The van der Waals surface area contributed by atoms with Gasteiger partial charge < -0.3 is 14.9 Å². The van der Waals surface area contributed by atoms with Crippen molar-refractivity contribution in [2.75, 3.05) is 26.2 Å². The van der Waals surface area contributed by atoms with Gasteiger partial charge in [0.25, 0.3) is 5.91 Å². The Kier molecular flexibility index (Phi) is 5.77. The largest absolute Gasteiger partial charge is 0.481 e. The Hall–Kier alpha value is -2.44. The fourth-order valence-corrected chi connectivity index (χ4v) is 4.11. The van der Waals surface area contributed by atoms with Crippen molar-refractivity contribution in [3.63, 3.8) is 0 Å². The number of carbonyl (C=O) groups excluding carboxylic acids is 2. The Balaban J connectivity index is 1.62. The quantitative estimate of drug-likeness (QED) is 0.878. The van der Waals surface area contributed by atoms with Crippen LogP contribution in [0.3, 0.4) is 0 Å². The van der Waals surface area contributed by atoms with Gasteiger partial charge >= 0.3 is 5.97 Å². The van der Waals surface area contributed by atoms with E-state index >= 15 is 0 Å². The molecule has 2 aliphatic heterocycles. The molecule has 2 heterocycles. The summed E-state index contributed by atoms with van der Waals surface area (Å²) in [6, 6.07) is 5.44. The maximum atomic E-state index is 13.1. The highest BCUT2D eigenvalue weighted by atomic mass is 19.1. The zero-order valence-electron chi connectivity index (χ0n) is 15.4. The third-order valence-corrected chi connectivity index (χ3v) is 5.68. The number of piperidine rings is 2. The van der Waals surface area contributed by atoms with Crippen LogP contribution in [0.25, 0.3) is 0 Å². The first-order chi connectivity index (χ1) is 12.9. The number of aliphatic carboxylic acids is 1. The SMILES string of the molecule is CC1CN(C(=O)C2CCCN(C(=O)c3ccc(F)cc3)C2)CCC1C(=O)O. The standard InChI is InChI=1S/C20H25FN2O4/c1-13-11-23(10-8-17(13)20(26)27)19(25)15-3-2-9-22(12-15)18(24)14-4-6-16(21)7-5-14/h4-7,13,15,17H,2-3,8-12H2,1H3,(H,26,27). The number of hydrogen-bond acceptors (Lipinski definition) is 3. The molecule has 0 spiro atoms. The van der Waals surface area contributed by atoms with E-state index in [0.29, 0.717) is 38.2 Å². The molecule has 1 aromatic carbocycles. The maximum absolute atomic E-state index is 13.1. The van der Waals surface area contributed by atoms with Crippen LogP contribution in [0.5, 0.6) is 0 Å². The predicted molar refractivity (Wildman–Crippen MR) is 96.5 cm³/mol. The second-order valence-electron chi connectivity index (χ2n) is 7.59. The Bertz CT molecular complexity index is 721. The molecular weight excluding hydrogens is 351 g/mol. The van der Waals surface area contributed by atoms with Crippen LogP contribution in [0.15, 0.2) is 24.3 Å². The molecule has 0 bridgehead atoms. The van der Waals surface area contributed by atoms with Crippen molar-refractivity contribution in [2.24, 2.45) is 17.8 Å². The van der Waals surface area contributed by atoms with Crippen LogP contribution in [0.2, 0.25) is 0 Å². The summed E-state index contributed by atoms with van der Waals surface area (Å²) in [6.07, 6.45) is 1.93. The van der Waals surface area contributed by atoms with Crippen LogP contribution in [0.4, 0.5) is 4.39 Å². The summed E-state index contributed by atoms with van der Waals surface area (Å²) in [5, 5.41) is 9.23. The Morgan fingerprint density at radius 2 is 1.74 bits per heavy atom. The van der Waals surface area contributed by atoms with Crippen LogP contribution in [0.1, 0.15) is 36.5 Å². The molecule has 2 fully saturated rings. The molecule has 0 aliphatic carbocycles. The number of hydrogen-bond donors (Lipinski definition) is 1. The summed E-state index contributed by atoms with van der Waals surface area (Å²) < 4.78 is 13.1. The van der Waals surface area contributed by atoms with Crippen molar-refractivity contribution in [1.29, 1.82) is 0 Å². The van der Waals surface area contributed by atoms with Crippen LogP contribution in [-0.4, -0.2) is 58.9 Å². The van der Waals surface area contributed by atoms with Crippen LogP contribution in [0, 0.1) is 23.6 Å². The van der Waals surface area contributed by atoms with Gasteiger partial charge in [0, 0.05) is 31.7 Å². The predicted octanol–water partition coefficient (Wildman–Crippen LogP) is 2.25. The molecule has 1 N–H and O–H groups in total. The van der Waals surface area contributed by atoms with E-state index in [1.807, 2.05) is 6.92 Å². The molecule has 2 saturated heterocycles. The lowest BCUT2D eigenvalue weighted by atomic mass is 9.86. The molecule has 7 heteroatoms. The molecule has 2 amide bonds. The van der Waals surface area contributed by atoms with Gasteiger partial charge in [0.15, 0.2) is 0 Å². The van der Waals surface area contributed by atoms with Crippen molar-refractivity contribution < 1.29 is 23.9 Å². The highest BCUT2D eigenvalue weighted by Crippen LogP contribution is 2.27. The van der Waals surface area contributed by atoms with Crippen molar-refractivity contribution in [3.05, 3.63) is 35.6 Å². The zero-order valence-corrected chi connectivity index (χ0v) is 15.4. The van der Waals surface area contributed by atoms with Gasteiger partial charge in [-0.25, -0.2) is 4.39 Å². The molecule has 27 heavy (non-hydrogen) atoms. The molecule has 0 radical (unpaired) electrons. The van der Waals surface area contributed by atoms with E-state index in [-0.39, 0.29) is 23.7 Å². The zero-order chi connectivity index (χ0) is 19.6. The number of amides is 2. The number of carboxylic acids is 1. The fourth-order valence-electron chi connectivity index (χ4n) is 4.11. The van der Waals surface area contributed by atoms with Crippen LogP contribution >= 0.6 is 0 Å². The maximum Gasteiger partial charge on any atom is 0.306 e. The van der Waals surface area contributed by atoms with E-state index in [9.17, 15) is 23.9 Å². The number of benzene rings is 1. The van der Waals surface area contributed by atoms with Gasteiger partial charge in [-0.1, -0.05) is 6.92 Å². The first-order valence-corrected chi connectivity index (χ1v) is 9.43. The normalized spacial score (nSPS) is 25.9. The van der Waals surface area contributed by atoms with E-state index in [1.54, 1.807) is 9.80 Å². The monoisotopic (exact) mass is 376 g/mol. The summed E-state index contributed by atoms with van der Waals surface area (Å²) in [5.41, 5.74) is 0.417. The third kappa shape index (κ3) is 4.28. The molecule has 3 rings (SSSR count). The van der Waals surface area contributed by atoms with Gasteiger partial charge in [0.1, 0.15) is 5.82 Å². The van der Waals surface area contributed by atoms with Gasteiger partial charge in [0.2, 0.25) is 5.91 Å². The van der Waals surface area contributed by atoms with Gasteiger partial charge in [-0.15, -0.1) is 0 Å². The highest BCUT2D eigenvalue weighted by molar-refractivity contribution is 5.94. The van der Waals surface area contributed by atoms with Crippen LogP contribution < -0.4 is 0 Å². The molecule has 6 nitrogen and oxygen atoms in total. The number of likely N-dealkylation sites (tertiary alicyclic amines) is 2. The molecule has 0 saturated carbocycles.